The molecule has 0 radical (unpaired) electrons. The van der Waals surface area contributed by atoms with Crippen LogP contribution in [-0.2, 0) is 11.8 Å². The van der Waals surface area contributed by atoms with Gasteiger partial charge in [0.2, 0.25) is 0 Å². The number of hydrogen-bond acceptors (Lipinski definition) is 1. The van der Waals surface area contributed by atoms with E-state index in [0.29, 0.717) is 7.51 Å². The molecule has 0 aliphatic heterocycles. The highest BCUT2D eigenvalue weighted by molar-refractivity contribution is 7.95. The van der Waals surface area contributed by atoms with Gasteiger partial charge in [-0.05, 0) is 18.5 Å². The fourth-order valence-electron chi connectivity index (χ4n) is 0. The molecule has 3 heteroatoms. The van der Waals surface area contributed by atoms with E-state index < -0.39 is 0 Å². The third-order valence-electron chi connectivity index (χ3n) is 0.0577. The van der Waals surface area contributed by atoms with Gasteiger partial charge in [-0.25, -0.2) is 4.76 Å². The van der Waals surface area contributed by atoms with Crippen molar-refractivity contribution in [1.29, 1.82) is 0 Å². The molecule has 0 bridgehead atoms. The molecule has 0 aromatic carbocycles. The number of nitrogens with zero attached hydrogens (tertiary/aromatic N) is 1. The highest BCUT2D eigenvalue weighted by Gasteiger charge is 1.33. The van der Waals surface area contributed by atoms with Crippen LogP contribution in [0.15, 0.2) is 4.76 Å². The maximum Gasteiger partial charge on any atom is 0.114 e. The number of hydrogen-bond donors (Lipinski definition) is 0. The summed E-state index contributed by atoms with van der Waals surface area (Å²) in [4.78, 5) is 0. The van der Waals surface area contributed by atoms with E-state index >= 15 is 0 Å². The van der Waals surface area contributed by atoms with Crippen molar-refractivity contribution >= 4 is 26.0 Å². The molecule has 0 spiro atoms. The minimum absolute atomic E-state index is 0.596. The normalized spacial score (nSPS) is 7.00. The minimum atomic E-state index is 0.596. The largest absolute Gasteiger partial charge is 0.232 e. The van der Waals surface area contributed by atoms with Crippen molar-refractivity contribution in [2.45, 2.75) is 0 Å². The predicted octanol–water partition coefficient (Wildman–Crippen LogP) is 1.01. The standard InChI is InChI=1S/CH2NPS/c1-2-3-4/h1H2. The Morgan fingerprint density at radius 1 is 2.00 bits per heavy atom. The van der Waals surface area contributed by atoms with Gasteiger partial charge >= 0.3 is 0 Å². The first-order valence-electron chi connectivity index (χ1n) is 0.699. The summed E-state index contributed by atoms with van der Waals surface area (Å²) in [5, 5.41) is 0. The molecule has 0 aliphatic carbocycles. The Morgan fingerprint density at radius 3 is 2.25 bits per heavy atom. The molecule has 4 heavy (non-hydrogen) atoms. The van der Waals surface area contributed by atoms with Gasteiger partial charge < -0.3 is 0 Å². The fraction of sp³-hybridized carbons (Fsp3) is 0. The Balaban J connectivity index is 2.73. The van der Waals surface area contributed by atoms with E-state index in [2.05, 4.69) is 23.3 Å². The molecule has 0 atom stereocenters. The van der Waals surface area contributed by atoms with Gasteiger partial charge in [0.1, 0.15) is 7.51 Å². The van der Waals surface area contributed by atoms with Gasteiger partial charge in [0.05, 0.1) is 0 Å². The van der Waals surface area contributed by atoms with Crippen LogP contribution in [0, 0.1) is 0 Å². The molecule has 0 heterocycles. The van der Waals surface area contributed by atoms with E-state index in [0.717, 1.165) is 0 Å². The summed E-state index contributed by atoms with van der Waals surface area (Å²) in [6.45, 7) is 3.11. The SMILES string of the molecule is C=NP=S. The van der Waals surface area contributed by atoms with Crippen molar-refractivity contribution in [2.75, 3.05) is 0 Å². The van der Waals surface area contributed by atoms with Gasteiger partial charge in [0, 0.05) is 0 Å². The van der Waals surface area contributed by atoms with E-state index in [1.54, 1.807) is 0 Å². The first-order chi connectivity index (χ1) is 1.91. The summed E-state index contributed by atoms with van der Waals surface area (Å²) in [5.74, 6) is 0. The maximum absolute atomic E-state index is 4.30. The Labute approximate surface area is 31.6 Å². The first kappa shape index (κ1) is 4.19. The summed E-state index contributed by atoms with van der Waals surface area (Å²) >= 11 is 4.30. The molecule has 0 unspecified atom stereocenters. The smallest absolute Gasteiger partial charge is 0.114 e. The summed E-state index contributed by atoms with van der Waals surface area (Å²) in [6, 6.07) is 0. The van der Waals surface area contributed by atoms with Crippen molar-refractivity contribution in [3.8, 4) is 0 Å². The number of rotatable bonds is 1. The minimum Gasteiger partial charge on any atom is -0.232 e. The van der Waals surface area contributed by atoms with Gasteiger partial charge in [-0.1, -0.05) is 0 Å². The second-order valence-corrected chi connectivity index (χ2v) is 1.16. The highest BCUT2D eigenvalue weighted by Crippen LogP contribution is 1.84. The third kappa shape index (κ3) is 2.19. The van der Waals surface area contributed by atoms with Crippen molar-refractivity contribution in [2.24, 2.45) is 4.76 Å². The molecule has 0 aromatic rings. The third-order valence-corrected chi connectivity index (χ3v) is 0.520. The zero-order chi connectivity index (χ0) is 3.41. The average molecular weight is 91.1 g/mol. The summed E-state index contributed by atoms with van der Waals surface area (Å²) in [7, 11) is 0.596. The van der Waals surface area contributed by atoms with Crippen LogP contribution in [0.5, 0.6) is 0 Å². The lowest BCUT2D eigenvalue weighted by atomic mass is 11.8. The van der Waals surface area contributed by atoms with E-state index in [-0.39, 0.29) is 0 Å². The van der Waals surface area contributed by atoms with Gasteiger partial charge in [-0.15, -0.1) is 0 Å². The molecule has 0 rings (SSSR count). The van der Waals surface area contributed by atoms with E-state index in [1.807, 2.05) is 0 Å². The Hall–Kier alpha value is 0.190. The molecule has 0 N–H and O–H groups in total. The zero-order valence-electron chi connectivity index (χ0n) is 2.01. The van der Waals surface area contributed by atoms with E-state index in [4.69, 9.17) is 0 Å². The van der Waals surface area contributed by atoms with Crippen LogP contribution in [0.2, 0.25) is 0 Å². The lowest BCUT2D eigenvalue weighted by molar-refractivity contribution is 2.05. The predicted molar refractivity (Wildman–Crippen MR) is 23.8 cm³/mol. The molecule has 0 saturated heterocycles. The topological polar surface area (TPSA) is 12.4 Å². The van der Waals surface area contributed by atoms with Crippen LogP contribution in [0.25, 0.3) is 0 Å². The monoisotopic (exact) mass is 91.0 g/mol. The molecule has 1 nitrogen and oxygen atoms in total. The molecule has 0 aromatic heterocycles. The van der Waals surface area contributed by atoms with Crippen LogP contribution >= 0.6 is 7.51 Å². The van der Waals surface area contributed by atoms with Gasteiger partial charge in [0.15, 0.2) is 0 Å². The van der Waals surface area contributed by atoms with Crippen LogP contribution in [0.4, 0.5) is 0 Å². The van der Waals surface area contributed by atoms with Crippen molar-refractivity contribution in [3.63, 3.8) is 0 Å². The molecule has 0 saturated carbocycles. The van der Waals surface area contributed by atoms with Gasteiger partial charge in [-0.3, -0.25) is 0 Å². The summed E-state index contributed by atoms with van der Waals surface area (Å²) in [6.07, 6.45) is 0. The molecule has 0 amide bonds. The second kappa shape index (κ2) is 3.19. The second-order valence-electron chi connectivity index (χ2n) is 0.223. The lowest BCUT2D eigenvalue weighted by Gasteiger charge is -1.43. The summed E-state index contributed by atoms with van der Waals surface area (Å²) in [5.41, 5.74) is 0. The van der Waals surface area contributed by atoms with E-state index in [1.165, 1.54) is 0 Å². The van der Waals surface area contributed by atoms with Crippen molar-refractivity contribution < 1.29 is 0 Å². The highest BCUT2D eigenvalue weighted by atomic mass is 32.4. The zero-order valence-corrected chi connectivity index (χ0v) is 3.72. The van der Waals surface area contributed by atoms with E-state index in [9.17, 15) is 0 Å². The quantitative estimate of drug-likeness (QED) is 0.346. The molecular weight excluding hydrogens is 89.1 g/mol. The molecule has 0 aliphatic rings. The maximum atomic E-state index is 4.30. The lowest BCUT2D eigenvalue weighted by Crippen LogP contribution is -1.09. The van der Waals surface area contributed by atoms with Crippen molar-refractivity contribution in [1.82, 2.24) is 0 Å². The Kier molecular flexibility index (Phi) is 3.34. The summed E-state index contributed by atoms with van der Waals surface area (Å²) < 4.78 is 3.27. The Bertz CT molecular complexity index is 29.0. The van der Waals surface area contributed by atoms with Gasteiger partial charge in [-0.2, -0.15) is 0 Å². The molecule has 22 valence electrons. The fourth-order valence-corrected chi connectivity index (χ4v) is 0. The van der Waals surface area contributed by atoms with Crippen molar-refractivity contribution in [3.05, 3.63) is 0 Å². The van der Waals surface area contributed by atoms with Crippen LogP contribution < -0.4 is 0 Å². The van der Waals surface area contributed by atoms with Gasteiger partial charge in [0.25, 0.3) is 0 Å². The average Bonchev–Trinajstić information content (AvgIpc) is 1.37. The Morgan fingerprint density at radius 2 is 2.25 bits per heavy atom. The van der Waals surface area contributed by atoms with Crippen LogP contribution in [-0.4, -0.2) is 6.72 Å². The molecular formula is CH2NPS. The van der Waals surface area contributed by atoms with Crippen LogP contribution in [0.1, 0.15) is 0 Å². The van der Waals surface area contributed by atoms with Crippen LogP contribution in [0.3, 0.4) is 0 Å². The first-order valence-corrected chi connectivity index (χ1v) is 2.56. The molecule has 0 fully saturated rings.